The Balaban J connectivity index is 2.21. The smallest absolute Gasteiger partial charge is 0.243 e. The molecule has 4 N–H and O–H groups in total. The van der Waals surface area contributed by atoms with E-state index >= 15 is 0 Å². The standard InChI is InChI=1S/C11H13BrClFN2O3S/c12-9-7(13)3-8(10(14)11(9)15)20(18,19)16-4-5-1-6(17)2-5/h3,5-6,16-17H,1-2,4,15H2. The van der Waals surface area contributed by atoms with Crippen molar-refractivity contribution in [3.63, 3.8) is 0 Å². The monoisotopic (exact) mass is 386 g/mol. The Kier molecular flexibility index (Phi) is 4.60. The van der Waals surface area contributed by atoms with Crippen LogP contribution in [0.2, 0.25) is 5.02 Å². The zero-order valence-electron chi connectivity index (χ0n) is 10.2. The summed E-state index contributed by atoms with van der Waals surface area (Å²) in [6, 6.07) is 1.01. The fourth-order valence-electron chi connectivity index (χ4n) is 1.97. The third-order valence-electron chi connectivity index (χ3n) is 3.22. The molecule has 0 bridgehead atoms. The van der Waals surface area contributed by atoms with E-state index in [0.29, 0.717) is 12.8 Å². The highest BCUT2D eigenvalue weighted by Crippen LogP contribution is 2.35. The number of aliphatic hydroxyl groups excluding tert-OH is 1. The first kappa shape index (κ1) is 16.0. The molecular formula is C11H13BrClFN2O3S. The molecule has 1 saturated carbocycles. The maximum absolute atomic E-state index is 13.9. The van der Waals surface area contributed by atoms with Crippen LogP contribution in [0.1, 0.15) is 12.8 Å². The first-order valence-corrected chi connectivity index (χ1v) is 8.48. The van der Waals surface area contributed by atoms with Crippen molar-refractivity contribution in [1.29, 1.82) is 0 Å². The number of nitrogen functional groups attached to an aromatic ring is 1. The van der Waals surface area contributed by atoms with Gasteiger partial charge in [0.15, 0.2) is 5.82 Å². The molecule has 0 radical (unpaired) electrons. The Morgan fingerprint density at radius 1 is 1.55 bits per heavy atom. The summed E-state index contributed by atoms with van der Waals surface area (Å²) in [5, 5.41) is 9.15. The van der Waals surface area contributed by atoms with Crippen LogP contribution in [0, 0.1) is 11.7 Å². The molecule has 1 aliphatic carbocycles. The molecule has 1 aromatic rings. The second-order valence-electron chi connectivity index (χ2n) is 4.74. The van der Waals surface area contributed by atoms with Crippen molar-refractivity contribution >= 4 is 43.2 Å². The van der Waals surface area contributed by atoms with E-state index < -0.39 is 20.7 Å². The number of aliphatic hydroxyl groups is 1. The molecule has 0 atom stereocenters. The van der Waals surface area contributed by atoms with Crippen LogP contribution in [0.5, 0.6) is 0 Å². The summed E-state index contributed by atoms with van der Waals surface area (Å²) in [5.74, 6) is -0.978. The van der Waals surface area contributed by atoms with Gasteiger partial charge in [-0.1, -0.05) is 11.6 Å². The lowest BCUT2D eigenvalue weighted by Gasteiger charge is -2.31. The van der Waals surface area contributed by atoms with E-state index in [1.165, 1.54) is 0 Å². The number of nitrogens with one attached hydrogen (secondary N) is 1. The van der Waals surface area contributed by atoms with Crippen LogP contribution in [0.3, 0.4) is 0 Å². The number of anilines is 1. The van der Waals surface area contributed by atoms with Gasteiger partial charge in [0.1, 0.15) is 4.90 Å². The average Bonchev–Trinajstić information content (AvgIpc) is 2.35. The molecule has 1 aliphatic rings. The molecule has 5 nitrogen and oxygen atoms in total. The van der Waals surface area contributed by atoms with Crippen LogP contribution in [-0.4, -0.2) is 26.2 Å². The van der Waals surface area contributed by atoms with Crippen molar-refractivity contribution in [3.05, 3.63) is 21.4 Å². The van der Waals surface area contributed by atoms with Gasteiger partial charge in [0.2, 0.25) is 10.0 Å². The number of hydrogen-bond acceptors (Lipinski definition) is 4. The maximum Gasteiger partial charge on any atom is 0.243 e. The predicted molar refractivity (Wildman–Crippen MR) is 77.4 cm³/mol. The minimum absolute atomic E-state index is 0.0170. The first-order chi connectivity index (χ1) is 9.22. The molecule has 9 heteroatoms. The summed E-state index contributed by atoms with van der Waals surface area (Å²) in [6.45, 7) is 0.145. The lowest BCUT2D eigenvalue weighted by Crippen LogP contribution is -2.38. The van der Waals surface area contributed by atoms with Crippen molar-refractivity contribution in [2.45, 2.75) is 23.8 Å². The van der Waals surface area contributed by atoms with E-state index in [2.05, 4.69) is 20.7 Å². The summed E-state index contributed by atoms with van der Waals surface area (Å²) in [7, 11) is -4.03. The Bertz CT molecular complexity index is 635. The van der Waals surface area contributed by atoms with Crippen molar-refractivity contribution in [2.75, 3.05) is 12.3 Å². The molecule has 0 spiro atoms. The molecule has 0 aromatic heterocycles. The SMILES string of the molecule is Nc1c(F)c(S(=O)(=O)NCC2CC(O)C2)cc(Cl)c1Br. The lowest BCUT2D eigenvalue weighted by atomic mass is 9.83. The first-order valence-electron chi connectivity index (χ1n) is 5.83. The van der Waals surface area contributed by atoms with E-state index in [-0.39, 0.29) is 33.7 Å². The predicted octanol–water partition coefficient (Wildman–Crippen LogP) is 1.87. The molecule has 1 fully saturated rings. The fourth-order valence-corrected chi connectivity index (χ4v) is 3.76. The highest BCUT2D eigenvalue weighted by atomic mass is 79.9. The van der Waals surface area contributed by atoms with Gasteiger partial charge in [0, 0.05) is 6.54 Å². The number of halogens is 3. The fraction of sp³-hybridized carbons (Fsp3) is 0.455. The van der Waals surface area contributed by atoms with Gasteiger partial charge in [-0.05, 0) is 40.8 Å². The van der Waals surface area contributed by atoms with Crippen molar-refractivity contribution in [1.82, 2.24) is 4.72 Å². The molecule has 0 unspecified atom stereocenters. The van der Waals surface area contributed by atoms with Crippen LogP contribution < -0.4 is 10.5 Å². The highest BCUT2D eigenvalue weighted by Gasteiger charge is 2.30. The van der Waals surface area contributed by atoms with Crippen LogP contribution in [0.25, 0.3) is 0 Å². The van der Waals surface area contributed by atoms with Gasteiger partial charge in [0.25, 0.3) is 0 Å². The Morgan fingerprint density at radius 2 is 2.15 bits per heavy atom. The molecule has 1 aromatic carbocycles. The highest BCUT2D eigenvalue weighted by molar-refractivity contribution is 9.10. The normalized spacial score (nSPS) is 22.6. The van der Waals surface area contributed by atoms with Crippen LogP contribution in [0.15, 0.2) is 15.4 Å². The molecule has 0 saturated heterocycles. The third-order valence-corrected chi connectivity index (χ3v) is 6.02. The summed E-state index contributed by atoms with van der Waals surface area (Å²) in [5.41, 5.74) is 5.11. The van der Waals surface area contributed by atoms with Crippen LogP contribution in [0.4, 0.5) is 10.1 Å². The minimum atomic E-state index is -4.03. The van der Waals surface area contributed by atoms with Crippen molar-refractivity contribution < 1.29 is 17.9 Å². The average molecular weight is 388 g/mol. The van der Waals surface area contributed by atoms with E-state index in [1.54, 1.807) is 0 Å². The lowest BCUT2D eigenvalue weighted by molar-refractivity contribution is 0.0453. The largest absolute Gasteiger partial charge is 0.395 e. The van der Waals surface area contributed by atoms with Crippen LogP contribution in [-0.2, 0) is 10.0 Å². The van der Waals surface area contributed by atoms with E-state index in [9.17, 15) is 12.8 Å². The Morgan fingerprint density at radius 3 is 2.70 bits per heavy atom. The summed E-state index contributed by atoms with van der Waals surface area (Å²) in [6.07, 6.45) is 0.696. The molecular weight excluding hydrogens is 375 g/mol. The maximum atomic E-state index is 13.9. The zero-order chi connectivity index (χ0) is 15.1. The second kappa shape index (κ2) is 5.76. The Hall–Kier alpha value is -0.410. The number of nitrogens with two attached hydrogens (primary N) is 1. The molecule has 2 rings (SSSR count). The van der Waals surface area contributed by atoms with Crippen molar-refractivity contribution in [3.8, 4) is 0 Å². The van der Waals surface area contributed by atoms with Gasteiger partial charge < -0.3 is 10.8 Å². The molecule has 112 valence electrons. The molecule has 0 heterocycles. The molecule has 20 heavy (non-hydrogen) atoms. The molecule has 0 aliphatic heterocycles. The van der Waals surface area contributed by atoms with Gasteiger partial charge in [0.05, 0.1) is 21.3 Å². The number of rotatable bonds is 4. The zero-order valence-corrected chi connectivity index (χ0v) is 13.4. The second-order valence-corrected chi connectivity index (χ2v) is 7.68. The number of hydrogen-bond donors (Lipinski definition) is 3. The summed E-state index contributed by atoms with van der Waals surface area (Å²) in [4.78, 5) is -0.580. The van der Waals surface area contributed by atoms with Gasteiger partial charge in [-0.2, -0.15) is 0 Å². The van der Waals surface area contributed by atoms with Crippen molar-refractivity contribution in [2.24, 2.45) is 5.92 Å². The van der Waals surface area contributed by atoms with Gasteiger partial charge in [-0.25, -0.2) is 17.5 Å². The minimum Gasteiger partial charge on any atom is -0.395 e. The summed E-state index contributed by atoms with van der Waals surface area (Å²) >= 11 is 8.78. The van der Waals surface area contributed by atoms with Gasteiger partial charge in [-0.15, -0.1) is 0 Å². The number of sulfonamides is 1. The van der Waals surface area contributed by atoms with Crippen LogP contribution >= 0.6 is 27.5 Å². The van der Waals surface area contributed by atoms with E-state index in [0.717, 1.165) is 6.07 Å². The topological polar surface area (TPSA) is 92.4 Å². The summed E-state index contributed by atoms with van der Waals surface area (Å²) < 4.78 is 40.5. The Labute approximate surface area is 129 Å². The van der Waals surface area contributed by atoms with E-state index in [1.807, 2.05) is 0 Å². The molecule has 0 amide bonds. The number of benzene rings is 1. The van der Waals surface area contributed by atoms with Gasteiger partial charge >= 0.3 is 0 Å². The quantitative estimate of drug-likeness (QED) is 0.543. The van der Waals surface area contributed by atoms with E-state index in [4.69, 9.17) is 22.4 Å². The third kappa shape index (κ3) is 3.09. The van der Waals surface area contributed by atoms with Gasteiger partial charge in [-0.3, -0.25) is 0 Å².